The van der Waals surface area contributed by atoms with Crippen LogP contribution in [0.1, 0.15) is 51.4 Å². The van der Waals surface area contributed by atoms with E-state index in [0.717, 1.165) is 0 Å². The van der Waals surface area contributed by atoms with Gasteiger partial charge in [0.25, 0.3) is 0 Å². The van der Waals surface area contributed by atoms with Crippen LogP contribution in [0.4, 0.5) is 0 Å². The minimum Gasteiger partial charge on any atom is -0.481 e. The summed E-state index contributed by atoms with van der Waals surface area (Å²) in [5.74, 6) is -5.05. The number of amides is 4. The topological polar surface area (TPSA) is 257 Å². The molecular weight excluding hydrogens is 496 g/mol. The Kier molecular flexibility index (Phi) is 16.9. The number of unbranched alkanes of at least 4 members (excludes halogenated alkanes) is 1. The van der Waals surface area contributed by atoms with Crippen LogP contribution < -0.4 is 33.2 Å². The minimum absolute atomic E-state index is 0.199. The van der Waals surface area contributed by atoms with Gasteiger partial charge in [-0.1, -0.05) is 0 Å². The van der Waals surface area contributed by atoms with Crippen LogP contribution in [0.3, 0.4) is 0 Å². The zero-order valence-electron chi connectivity index (χ0n) is 20.4. The summed E-state index contributed by atoms with van der Waals surface area (Å²) in [6, 6.07) is -4.80. The molecular formula is C21H38N6O8S. The Morgan fingerprint density at radius 2 is 1.31 bits per heavy atom. The lowest BCUT2D eigenvalue weighted by molar-refractivity contribution is -0.143. The van der Waals surface area contributed by atoms with Crippen LogP contribution in [-0.2, 0) is 28.8 Å². The van der Waals surface area contributed by atoms with Gasteiger partial charge in [-0.05, 0) is 57.1 Å². The summed E-state index contributed by atoms with van der Waals surface area (Å²) in [5.41, 5.74) is 16.5. The van der Waals surface area contributed by atoms with Gasteiger partial charge < -0.3 is 43.4 Å². The van der Waals surface area contributed by atoms with E-state index in [1.165, 1.54) is 11.8 Å². The normalized spacial score (nSPS) is 14.1. The molecule has 0 aliphatic heterocycles. The third kappa shape index (κ3) is 14.5. The van der Waals surface area contributed by atoms with Crippen LogP contribution in [-0.4, -0.2) is 88.5 Å². The Hall–Kier alpha value is -2.91. The molecule has 4 amide bonds. The number of rotatable bonds is 20. The van der Waals surface area contributed by atoms with Gasteiger partial charge in [-0.25, -0.2) is 4.79 Å². The van der Waals surface area contributed by atoms with E-state index in [2.05, 4.69) is 16.0 Å². The molecule has 0 bridgehead atoms. The molecule has 36 heavy (non-hydrogen) atoms. The molecule has 0 aliphatic rings. The van der Waals surface area contributed by atoms with Crippen LogP contribution in [0.25, 0.3) is 0 Å². The van der Waals surface area contributed by atoms with E-state index in [1.54, 1.807) is 0 Å². The van der Waals surface area contributed by atoms with Crippen LogP contribution in [0.2, 0.25) is 0 Å². The average Bonchev–Trinajstić information content (AvgIpc) is 2.81. The molecule has 4 atom stereocenters. The number of carbonyl (C=O) groups is 6. The number of hydrogen-bond acceptors (Lipinski definition) is 9. The van der Waals surface area contributed by atoms with Crippen molar-refractivity contribution in [2.75, 3.05) is 18.6 Å². The van der Waals surface area contributed by atoms with E-state index in [4.69, 9.17) is 22.3 Å². The fourth-order valence-electron chi connectivity index (χ4n) is 3.04. The minimum atomic E-state index is -1.53. The van der Waals surface area contributed by atoms with Crippen molar-refractivity contribution < 1.29 is 39.0 Å². The Bertz CT molecular complexity index is 769. The van der Waals surface area contributed by atoms with E-state index in [0.29, 0.717) is 31.6 Å². The lowest BCUT2D eigenvalue weighted by atomic mass is 10.0. The molecule has 4 unspecified atom stereocenters. The number of primary amides is 1. The summed E-state index contributed by atoms with van der Waals surface area (Å²) in [4.78, 5) is 71.7. The molecule has 0 fully saturated rings. The first kappa shape index (κ1) is 33.1. The van der Waals surface area contributed by atoms with Crippen LogP contribution in [0.15, 0.2) is 0 Å². The van der Waals surface area contributed by atoms with Gasteiger partial charge in [0.2, 0.25) is 23.6 Å². The van der Waals surface area contributed by atoms with Crippen molar-refractivity contribution >= 4 is 47.3 Å². The Balaban J connectivity index is 5.55. The molecule has 14 nitrogen and oxygen atoms in total. The number of carboxylic acids is 2. The summed E-state index contributed by atoms with van der Waals surface area (Å²) in [5, 5.41) is 25.3. The van der Waals surface area contributed by atoms with Crippen molar-refractivity contribution in [3.05, 3.63) is 0 Å². The fraction of sp³-hybridized carbons (Fsp3) is 0.714. The van der Waals surface area contributed by atoms with E-state index in [9.17, 15) is 33.9 Å². The molecule has 0 saturated carbocycles. The van der Waals surface area contributed by atoms with Gasteiger partial charge in [-0.2, -0.15) is 11.8 Å². The first-order valence-corrected chi connectivity index (χ1v) is 12.9. The summed E-state index contributed by atoms with van der Waals surface area (Å²) < 4.78 is 0. The van der Waals surface area contributed by atoms with Crippen LogP contribution in [0, 0.1) is 0 Å². The predicted octanol–water partition coefficient (Wildman–Crippen LogP) is -2.13. The molecule has 0 aliphatic carbocycles. The third-order valence-corrected chi connectivity index (χ3v) is 5.77. The van der Waals surface area contributed by atoms with Crippen LogP contribution in [0.5, 0.6) is 0 Å². The third-order valence-electron chi connectivity index (χ3n) is 5.12. The van der Waals surface area contributed by atoms with Crippen molar-refractivity contribution in [1.82, 2.24) is 16.0 Å². The second kappa shape index (κ2) is 18.4. The molecule has 0 saturated heterocycles. The van der Waals surface area contributed by atoms with Crippen LogP contribution >= 0.6 is 11.8 Å². The predicted molar refractivity (Wildman–Crippen MR) is 133 cm³/mol. The quantitative estimate of drug-likeness (QED) is 0.0782. The summed E-state index contributed by atoms with van der Waals surface area (Å²) >= 11 is 1.51. The number of thioether (sulfide) groups is 1. The average molecular weight is 535 g/mol. The highest BCUT2D eigenvalue weighted by atomic mass is 32.2. The number of hydrogen-bond donors (Lipinski definition) is 8. The van der Waals surface area contributed by atoms with E-state index >= 15 is 0 Å². The van der Waals surface area contributed by atoms with Gasteiger partial charge in [-0.15, -0.1) is 0 Å². The highest BCUT2D eigenvalue weighted by Gasteiger charge is 2.30. The number of nitrogens with one attached hydrogen (secondary N) is 3. The Morgan fingerprint density at radius 1 is 0.778 bits per heavy atom. The molecule has 15 heteroatoms. The SMILES string of the molecule is CSCCC(N)C(=O)NC(CCCCN)C(=O)NC(CCC(N)=O)C(=O)NC(CCC(=O)O)C(=O)O. The standard InChI is InChI=1S/C21H38N6O8S/c1-36-11-9-12(23)18(31)25-13(4-2-3-10-22)19(32)26-14(5-7-16(24)28)20(33)27-15(21(34)35)6-8-17(29)30/h12-15H,2-11,22-23H2,1H3,(H2,24,28)(H,25,31)(H,26,32)(H,27,33)(H,29,30)(H,34,35). The summed E-state index contributed by atoms with van der Waals surface area (Å²) in [6.45, 7) is 0.367. The molecule has 0 aromatic carbocycles. The maximum Gasteiger partial charge on any atom is 0.326 e. The zero-order chi connectivity index (χ0) is 27.7. The van der Waals surface area contributed by atoms with Gasteiger partial charge in [0.05, 0.1) is 6.04 Å². The molecule has 0 spiro atoms. The van der Waals surface area contributed by atoms with Gasteiger partial charge in [0.1, 0.15) is 18.1 Å². The number of nitrogens with two attached hydrogens (primary N) is 3. The fourth-order valence-corrected chi connectivity index (χ4v) is 3.53. The summed E-state index contributed by atoms with van der Waals surface area (Å²) in [6.07, 6.45) is 2.08. The number of carbonyl (C=O) groups excluding carboxylic acids is 4. The second-order valence-electron chi connectivity index (χ2n) is 8.13. The van der Waals surface area contributed by atoms with Gasteiger partial charge >= 0.3 is 11.9 Å². The highest BCUT2D eigenvalue weighted by Crippen LogP contribution is 2.07. The Morgan fingerprint density at radius 3 is 1.81 bits per heavy atom. The molecule has 0 heterocycles. The first-order valence-electron chi connectivity index (χ1n) is 11.5. The maximum absolute atomic E-state index is 13.0. The number of aliphatic carboxylic acids is 2. The maximum atomic E-state index is 13.0. The van der Waals surface area contributed by atoms with E-state index in [-0.39, 0.29) is 19.3 Å². The van der Waals surface area contributed by atoms with E-state index in [1.807, 2.05) is 6.26 Å². The molecule has 0 aromatic rings. The Labute approximate surface area is 213 Å². The smallest absolute Gasteiger partial charge is 0.326 e. The van der Waals surface area contributed by atoms with Gasteiger partial charge in [0, 0.05) is 12.8 Å². The molecule has 0 radical (unpaired) electrons. The van der Waals surface area contributed by atoms with E-state index < -0.39 is 72.6 Å². The first-order chi connectivity index (χ1) is 16.9. The van der Waals surface area contributed by atoms with Crippen molar-refractivity contribution in [3.8, 4) is 0 Å². The highest BCUT2D eigenvalue weighted by molar-refractivity contribution is 7.98. The zero-order valence-corrected chi connectivity index (χ0v) is 21.2. The molecule has 0 aromatic heterocycles. The lowest BCUT2D eigenvalue weighted by Crippen LogP contribution is -2.57. The van der Waals surface area contributed by atoms with Gasteiger partial charge in [-0.3, -0.25) is 24.0 Å². The van der Waals surface area contributed by atoms with Crippen molar-refractivity contribution in [2.24, 2.45) is 17.2 Å². The monoisotopic (exact) mass is 534 g/mol. The summed E-state index contributed by atoms with van der Waals surface area (Å²) in [7, 11) is 0. The second-order valence-corrected chi connectivity index (χ2v) is 9.12. The molecule has 0 rings (SSSR count). The molecule has 11 N–H and O–H groups in total. The number of carboxylic acid groups (broad SMARTS) is 2. The molecule has 206 valence electrons. The van der Waals surface area contributed by atoms with Gasteiger partial charge in [0.15, 0.2) is 0 Å². The largest absolute Gasteiger partial charge is 0.481 e. The van der Waals surface area contributed by atoms with Crippen molar-refractivity contribution in [2.45, 2.75) is 75.5 Å². The lowest BCUT2D eigenvalue weighted by Gasteiger charge is -2.25. The van der Waals surface area contributed by atoms with Crippen molar-refractivity contribution in [1.29, 1.82) is 0 Å². The van der Waals surface area contributed by atoms with Crippen molar-refractivity contribution in [3.63, 3.8) is 0 Å².